The average molecular weight is 480 g/mol. The van der Waals surface area contributed by atoms with Gasteiger partial charge < -0.3 is 19.7 Å². The molecule has 7 heteroatoms. The largest absolute Gasteiger partial charge is 0.508 e. The van der Waals surface area contributed by atoms with E-state index in [1.807, 2.05) is 30.3 Å². The van der Waals surface area contributed by atoms with Crippen LogP contribution in [0.25, 0.3) is 11.1 Å². The number of allylic oxidation sites excluding steroid dienone is 1. The molecule has 0 saturated carbocycles. The third-order valence-corrected chi connectivity index (χ3v) is 6.64. The van der Waals surface area contributed by atoms with E-state index >= 15 is 0 Å². The fraction of sp³-hybridized carbons (Fsp3) is 0.286. The van der Waals surface area contributed by atoms with Crippen LogP contribution in [0.3, 0.4) is 0 Å². The molecule has 0 spiro atoms. The van der Waals surface area contributed by atoms with Crippen LogP contribution >= 0.6 is 0 Å². The van der Waals surface area contributed by atoms with E-state index in [1.165, 1.54) is 6.07 Å². The van der Waals surface area contributed by atoms with Gasteiger partial charge >= 0.3 is 0 Å². The Labute approximate surface area is 202 Å². The molecule has 0 bridgehead atoms. The zero-order chi connectivity index (χ0) is 24.5. The SMILES string of the molecule is CC1=C(c2cccc(O)c2)C(c2ccc(OCCN3CC(CF)C3)cc2)Oc2ccc(O)c(F)c21. The maximum Gasteiger partial charge on any atom is 0.176 e. The second-order valence-electron chi connectivity index (χ2n) is 9.06. The van der Waals surface area contributed by atoms with Gasteiger partial charge in [0.1, 0.15) is 30.0 Å². The Kier molecular flexibility index (Phi) is 6.34. The highest BCUT2D eigenvalue weighted by atomic mass is 19.1. The number of ether oxygens (including phenoxy) is 2. The summed E-state index contributed by atoms with van der Waals surface area (Å²) in [7, 11) is 0. The Hall–Kier alpha value is -3.58. The lowest BCUT2D eigenvalue weighted by Crippen LogP contribution is -2.49. The van der Waals surface area contributed by atoms with Crippen LogP contribution in [0, 0.1) is 11.7 Å². The lowest BCUT2D eigenvalue weighted by atomic mass is 9.86. The number of phenols is 2. The van der Waals surface area contributed by atoms with Crippen molar-refractivity contribution < 1.29 is 28.5 Å². The van der Waals surface area contributed by atoms with E-state index in [4.69, 9.17) is 9.47 Å². The van der Waals surface area contributed by atoms with Crippen LogP contribution in [0.15, 0.2) is 60.7 Å². The highest BCUT2D eigenvalue weighted by Gasteiger charge is 2.32. The number of hydrogen-bond acceptors (Lipinski definition) is 5. The summed E-state index contributed by atoms with van der Waals surface area (Å²) in [6, 6.07) is 17.1. The number of likely N-dealkylation sites (tertiary alicyclic amines) is 1. The first-order valence-electron chi connectivity index (χ1n) is 11.6. The van der Waals surface area contributed by atoms with E-state index in [-0.39, 0.29) is 23.9 Å². The third-order valence-electron chi connectivity index (χ3n) is 6.64. The molecule has 1 atom stereocenters. The van der Waals surface area contributed by atoms with E-state index in [1.54, 1.807) is 31.2 Å². The summed E-state index contributed by atoms with van der Waals surface area (Å²) >= 11 is 0. The van der Waals surface area contributed by atoms with Crippen LogP contribution in [-0.2, 0) is 0 Å². The number of phenolic OH excluding ortho intramolecular Hbond substituents is 2. The molecule has 0 aliphatic carbocycles. The molecule has 1 fully saturated rings. The van der Waals surface area contributed by atoms with Crippen molar-refractivity contribution in [3.63, 3.8) is 0 Å². The van der Waals surface area contributed by atoms with Gasteiger partial charge in [0.05, 0.1) is 12.2 Å². The van der Waals surface area contributed by atoms with Gasteiger partial charge in [-0.3, -0.25) is 9.29 Å². The molecular weight excluding hydrogens is 452 g/mol. The van der Waals surface area contributed by atoms with Crippen molar-refractivity contribution in [3.8, 4) is 23.0 Å². The van der Waals surface area contributed by atoms with Gasteiger partial charge in [0.25, 0.3) is 0 Å². The molecule has 5 nitrogen and oxygen atoms in total. The number of aromatic hydroxyl groups is 2. The number of hydrogen-bond donors (Lipinski definition) is 2. The summed E-state index contributed by atoms with van der Waals surface area (Å²) in [6.45, 7) is 4.35. The fourth-order valence-corrected chi connectivity index (χ4v) is 4.78. The molecule has 3 aromatic rings. The van der Waals surface area contributed by atoms with Gasteiger partial charge in [0.2, 0.25) is 0 Å². The molecule has 0 radical (unpaired) electrons. The van der Waals surface area contributed by atoms with Crippen molar-refractivity contribution in [2.45, 2.75) is 13.0 Å². The van der Waals surface area contributed by atoms with Crippen LogP contribution < -0.4 is 9.47 Å². The summed E-state index contributed by atoms with van der Waals surface area (Å²) < 4.78 is 39.6. The van der Waals surface area contributed by atoms with Gasteiger partial charge in [0.15, 0.2) is 11.6 Å². The minimum Gasteiger partial charge on any atom is -0.508 e. The lowest BCUT2D eigenvalue weighted by Gasteiger charge is -2.37. The number of fused-ring (bicyclic) bond motifs is 1. The molecule has 0 aromatic heterocycles. The first-order chi connectivity index (χ1) is 16.9. The summed E-state index contributed by atoms with van der Waals surface area (Å²) in [6.07, 6.45) is -0.555. The summed E-state index contributed by atoms with van der Waals surface area (Å²) in [5.41, 5.74) is 3.06. The number of benzene rings is 3. The van der Waals surface area contributed by atoms with Crippen molar-refractivity contribution in [2.75, 3.05) is 32.9 Å². The van der Waals surface area contributed by atoms with Crippen molar-refractivity contribution in [2.24, 2.45) is 5.92 Å². The number of nitrogens with zero attached hydrogens (tertiary/aromatic N) is 1. The standard InChI is InChI=1S/C28H27F2NO4/c1-17-25(20-3-2-4-21(32)13-20)28(35-24-10-9-23(33)27(30)26(17)24)19-5-7-22(8-6-19)34-12-11-31-15-18(14-29)16-31/h2-10,13,18,28,32-33H,11-12,14-16H2,1H3. The fourth-order valence-electron chi connectivity index (χ4n) is 4.78. The zero-order valence-corrected chi connectivity index (χ0v) is 19.4. The Morgan fingerprint density at radius 3 is 2.54 bits per heavy atom. The zero-order valence-electron chi connectivity index (χ0n) is 19.4. The summed E-state index contributed by atoms with van der Waals surface area (Å²) in [5, 5.41) is 20.0. The van der Waals surface area contributed by atoms with Gasteiger partial charge in [0, 0.05) is 31.1 Å². The number of alkyl halides is 1. The molecule has 1 saturated heterocycles. The molecule has 182 valence electrons. The van der Waals surface area contributed by atoms with Gasteiger partial charge in [-0.2, -0.15) is 0 Å². The van der Waals surface area contributed by atoms with Crippen LogP contribution in [0.4, 0.5) is 8.78 Å². The van der Waals surface area contributed by atoms with Gasteiger partial charge in [-0.05, 0) is 60.0 Å². The highest BCUT2D eigenvalue weighted by molar-refractivity contribution is 5.96. The minimum atomic E-state index is -0.736. The molecule has 2 N–H and O–H groups in total. The monoisotopic (exact) mass is 479 g/mol. The Bertz CT molecular complexity index is 1250. The van der Waals surface area contributed by atoms with Gasteiger partial charge in [-0.15, -0.1) is 0 Å². The number of rotatable bonds is 7. The van der Waals surface area contributed by atoms with Crippen LogP contribution in [0.2, 0.25) is 0 Å². The van der Waals surface area contributed by atoms with Crippen LogP contribution in [-0.4, -0.2) is 48.0 Å². The van der Waals surface area contributed by atoms with E-state index in [0.29, 0.717) is 34.8 Å². The van der Waals surface area contributed by atoms with Gasteiger partial charge in [-0.1, -0.05) is 24.3 Å². The lowest BCUT2D eigenvalue weighted by molar-refractivity contribution is 0.0668. The quantitative estimate of drug-likeness (QED) is 0.463. The molecule has 2 heterocycles. The molecule has 1 unspecified atom stereocenters. The minimum absolute atomic E-state index is 0.0903. The Morgan fingerprint density at radius 1 is 1.06 bits per heavy atom. The normalized spacial score (nSPS) is 18.1. The molecule has 2 aliphatic heterocycles. The maximum absolute atomic E-state index is 14.9. The molecule has 35 heavy (non-hydrogen) atoms. The second kappa shape index (κ2) is 9.58. The van der Waals surface area contributed by atoms with Crippen molar-refractivity contribution >= 4 is 11.1 Å². The van der Waals surface area contributed by atoms with Crippen LogP contribution in [0.1, 0.15) is 29.7 Å². The van der Waals surface area contributed by atoms with E-state index in [0.717, 1.165) is 25.2 Å². The Balaban J connectivity index is 1.41. The van der Waals surface area contributed by atoms with E-state index in [9.17, 15) is 19.0 Å². The summed E-state index contributed by atoms with van der Waals surface area (Å²) in [4.78, 5) is 2.16. The molecule has 3 aromatic carbocycles. The maximum atomic E-state index is 14.9. The topological polar surface area (TPSA) is 62.2 Å². The third kappa shape index (κ3) is 4.56. The number of halogens is 2. The van der Waals surface area contributed by atoms with Crippen molar-refractivity contribution in [1.29, 1.82) is 0 Å². The van der Waals surface area contributed by atoms with E-state index < -0.39 is 17.7 Å². The predicted molar refractivity (Wildman–Crippen MR) is 130 cm³/mol. The first-order valence-corrected chi connectivity index (χ1v) is 11.6. The molecule has 2 aliphatic rings. The predicted octanol–water partition coefficient (Wildman–Crippen LogP) is 5.58. The summed E-state index contributed by atoms with van der Waals surface area (Å²) in [5.74, 6) is 0.119. The first kappa shape index (κ1) is 23.2. The van der Waals surface area contributed by atoms with E-state index in [2.05, 4.69) is 4.90 Å². The van der Waals surface area contributed by atoms with Gasteiger partial charge in [-0.25, -0.2) is 4.39 Å². The van der Waals surface area contributed by atoms with Crippen molar-refractivity contribution in [3.05, 3.63) is 83.2 Å². The second-order valence-corrected chi connectivity index (χ2v) is 9.06. The molecule has 0 amide bonds. The van der Waals surface area contributed by atoms with Crippen LogP contribution in [0.5, 0.6) is 23.0 Å². The molecular formula is C28H27F2NO4. The Morgan fingerprint density at radius 2 is 1.83 bits per heavy atom. The highest BCUT2D eigenvalue weighted by Crippen LogP contribution is 2.49. The average Bonchev–Trinajstić information content (AvgIpc) is 2.83. The van der Waals surface area contributed by atoms with Crippen molar-refractivity contribution in [1.82, 2.24) is 4.90 Å². The molecule has 5 rings (SSSR count). The smallest absolute Gasteiger partial charge is 0.176 e.